The topological polar surface area (TPSA) is 64.0 Å². The van der Waals surface area contributed by atoms with Crippen LogP contribution in [0, 0.1) is 0 Å². The lowest BCUT2D eigenvalue weighted by Gasteiger charge is -2.06. The fourth-order valence-electron chi connectivity index (χ4n) is 1.49. The molecule has 19 heavy (non-hydrogen) atoms. The van der Waals surface area contributed by atoms with Crippen molar-refractivity contribution in [2.75, 3.05) is 11.6 Å². The lowest BCUT2D eigenvalue weighted by Crippen LogP contribution is -2.23. The van der Waals surface area contributed by atoms with E-state index in [2.05, 4.69) is 10.4 Å². The third-order valence-corrected chi connectivity index (χ3v) is 3.28. The van der Waals surface area contributed by atoms with Crippen LogP contribution < -0.4 is 10.9 Å². The highest BCUT2D eigenvalue weighted by Crippen LogP contribution is 2.17. The van der Waals surface area contributed by atoms with Crippen LogP contribution in [0.5, 0.6) is 0 Å². The van der Waals surface area contributed by atoms with Gasteiger partial charge in [-0.15, -0.1) is 11.8 Å². The van der Waals surface area contributed by atoms with Crippen LogP contribution in [-0.4, -0.2) is 21.9 Å². The van der Waals surface area contributed by atoms with E-state index >= 15 is 0 Å². The number of aromatic nitrogens is 2. The molecule has 0 aliphatic heterocycles. The van der Waals surface area contributed by atoms with Crippen LogP contribution in [0.15, 0.2) is 46.1 Å². The minimum Gasteiger partial charge on any atom is -0.321 e. The molecule has 2 aromatic rings. The molecule has 0 unspecified atom stereocenters. The lowest BCUT2D eigenvalue weighted by atomic mass is 10.3. The zero-order valence-electron chi connectivity index (χ0n) is 10.6. The van der Waals surface area contributed by atoms with Crippen LogP contribution in [0.3, 0.4) is 0 Å². The zero-order valence-corrected chi connectivity index (χ0v) is 11.4. The number of amides is 1. The zero-order chi connectivity index (χ0) is 13.8. The summed E-state index contributed by atoms with van der Waals surface area (Å²) in [6, 6.07) is 10.2. The van der Waals surface area contributed by atoms with Gasteiger partial charge in [0.15, 0.2) is 0 Å². The molecule has 0 radical (unpaired) electrons. The Morgan fingerprint density at radius 2 is 1.89 bits per heavy atom. The third-order valence-electron chi connectivity index (χ3n) is 2.54. The van der Waals surface area contributed by atoms with Gasteiger partial charge in [0.25, 0.3) is 11.5 Å². The summed E-state index contributed by atoms with van der Waals surface area (Å²) in [6.45, 7) is 0. The van der Waals surface area contributed by atoms with E-state index in [1.165, 1.54) is 19.2 Å². The van der Waals surface area contributed by atoms with Gasteiger partial charge in [-0.3, -0.25) is 9.59 Å². The van der Waals surface area contributed by atoms with Crippen LogP contribution in [-0.2, 0) is 7.05 Å². The van der Waals surface area contributed by atoms with Crippen molar-refractivity contribution < 1.29 is 4.79 Å². The number of nitrogens with one attached hydrogen (secondary N) is 1. The minimum absolute atomic E-state index is 0.205. The fraction of sp³-hybridized carbons (Fsp3) is 0.154. The van der Waals surface area contributed by atoms with Crippen molar-refractivity contribution in [3.05, 3.63) is 52.4 Å². The van der Waals surface area contributed by atoms with Gasteiger partial charge in [-0.05, 0) is 36.6 Å². The average molecular weight is 275 g/mol. The number of hydrogen-bond donors (Lipinski definition) is 1. The smallest absolute Gasteiger partial charge is 0.276 e. The Kier molecular flexibility index (Phi) is 4.01. The Bertz CT molecular complexity index is 650. The molecule has 0 bridgehead atoms. The molecule has 0 fully saturated rings. The number of carbonyl (C=O) groups excluding carboxylic acids is 1. The Hall–Kier alpha value is -2.08. The second kappa shape index (κ2) is 5.71. The molecular weight excluding hydrogens is 262 g/mol. The molecule has 5 nitrogen and oxygen atoms in total. The summed E-state index contributed by atoms with van der Waals surface area (Å²) >= 11 is 1.63. The van der Waals surface area contributed by atoms with E-state index in [0.717, 1.165) is 9.58 Å². The molecule has 98 valence electrons. The van der Waals surface area contributed by atoms with Crippen LogP contribution in [0.2, 0.25) is 0 Å². The molecule has 0 aliphatic carbocycles. The van der Waals surface area contributed by atoms with Crippen LogP contribution in [0.4, 0.5) is 5.69 Å². The van der Waals surface area contributed by atoms with Crippen LogP contribution in [0.25, 0.3) is 0 Å². The van der Waals surface area contributed by atoms with Crippen molar-refractivity contribution in [2.45, 2.75) is 4.90 Å². The number of carbonyl (C=O) groups is 1. The van der Waals surface area contributed by atoms with E-state index in [1.54, 1.807) is 11.8 Å². The molecule has 1 aromatic heterocycles. The molecule has 2 rings (SSSR count). The normalized spacial score (nSPS) is 10.2. The van der Waals surface area contributed by atoms with Crippen molar-refractivity contribution >= 4 is 23.4 Å². The SMILES string of the molecule is CSc1ccc(NC(=O)c2ccc(=O)n(C)n2)cc1. The summed E-state index contributed by atoms with van der Waals surface area (Å²) in [5.41, 5.74) is 0.648. The van der Waals surface area contributed by atoms with Gasteiger partial charge in [-0.2, -0.15) is 5.10 Å². The number of hydrogen-bond acceptors (Lipinski definition) is 4. The predicted octanol–water partition coefficient (Wildman–Crippen LogP) is 1.75. The number of aryl methyl sites for hydroxylation is 1. The van der Waals surface area contributed by atoms with Crippen LogP contribution in [0.1, 0.15) is 10.5 Å². The van der Waals surface area contributed by atoms with Gasteiger partial charge in [-0.1, -0.05) is 0 Å². The number of benzene rings is 1. The maximum absolute atomic E-state index is 11.9. The minimum atomic E-state index is -0.340. The van der Waals surface area contributed by atoms with Gasteiger partial charge >= 0.3 is 0 Å². The fourth-order valence-corrected chi connectivity index (χ4v) is 1.90. The average Bonchev–Trinajstić information content (AvgIpc) is 2.42. The highest BCUT2D eigenvalue weighted by molar-refractivity contribution is 7.98. The van der Waals surface area contributed by atoms with E-state index in [-0.39, 0.29) is 17.2 Å². The number of nitrogens with zero attached hydrogens (tertiary/aromatic N) is 2. The monoisotopic (exact) mass is 275 g/mol. The van der Waals surface area contributed by atoms with Crippen molar-refractivity contribution in [3.8, 4) is 0 Å². The second-order valence-corrected chi connectivity index (χ2v) is 4.74. The van der Waals surface area contributed by atoms with Crippen molar-refractivity contribution in [1.29, 1.82) is 0 Å². The number of anilines is 1. The quantitative estimate of drug-likeness (QED) is 0.867. The van der Waals surface area contributed by atoms with Gasteiger partial charge in [0.2, 0.25) is 0 Å². The van der Waals surface area contributed by atoms with E-state index in [9.17, 15) is 9.59 Å². The van der Waals surface area contributed by atoms with E-state index in [1.807, 2.05) is 30.5 Å². The van der Waals surface area contributed by atoms with Gasteiger partial charge in [0, 0.05) is 23.7 Å². The van der Waals surface area contributed by atoms with E-state index in [0.29, 0.717) is 5.69 Å². The third kappa shape index (κ3) is 3.23. The molecule has 0 aliphatic rings. The second-order valence-electron chi connectivity index (χ2n) is 3.86. The Morgan fingerprint density at radius 3 is 2.47 bits per heavy atom. The molecule has 6 heteroatoms. The molecule has 0 saturated heterocycles. The predicted molar refractivity (Wildman–Crippen MR) is 75.7 cm³/mol. The highest BCUT2D eigenvalue weighted by Gasteiger charge is 2.08. The molecule has 0 spiro atoms. The van der Waals surface area contributed by atoms with Crippen molar-refractivity contribution in [3.63, 3.8) is 0 Å². The first-order valence-corrected chi connectivity index (χ1v) is 6.82. The molecule has 0 saturated carbocycles. The Balaban J connectivity index is 2.15. The van der Waals surface area contributed by atoms with Crippen molar-refractivity contribution in [2.24, 2.45) is 7.05 Å². The summed E-state index contributed by atoms with van der Waals surface area (Å²) < 4.78 is 1.13. The van der Waals surface area contributed by atoms with Crippen molar-refractivity contribution in [1.82, 2.24) is 9.78 Å². The summed E-state index contributed by atoms with van der Waals surface area (Å²) in [5.74, 6) is -0.340. The lowest BCUT2D eigenvalue weighted by molar-refractivity contribution is 0.102. The first kappa shape index (κ1) is 13.4. The van der Waals surface area contributed by atoms with Gasteiger partial charge in [0.05, 0.1) is 0 Å². The molecular formula is C13H13N3O2S. The molecule has 1 N–H and O–H groups in total. The number of rotatable bonds is 3. The summed E-state index contributed by atoms with van der Waals surface area (Å²) in [7, 11) is 1.51. The van der Waals surface area contributed by atoms with Gasteiger partial charge in [-0.25, -0.2) is 4.68 Å². The maximum Gasteiger partial charge on any atom is 0.276 e. The summed E-state index contributed by atoms with van der Waals surface area (Å²) in [5, 5.41) is 6.62. The summed E-state index contributed by atoms with van der Waals surface area (Å²) in [4.78, 5) is 24.3. The van der Waals surface area contributed by atoms with E-state index in [4.69, 9.17) is 0 Å². The number of thioether (sulfide) groups is 1. The Morgan fingerprint density at radius 1 is 1.21 bits per heavy atom. The van der Waals surface area contributed by atoms with Crippen LogP contribution >= 0.6 is 11.8 Å². The van der Waals surface area contributed by atoms with Gasteiger partial charge < -0.3 is 5.32 Å². The first-order valence-electron chi connectivity index (χ1n) is 5.60. The molecule has 1 amide bonds. The molecule has 1 heterocycles. The highest BCUT2D eigenvalue weighted by atomic mass is 32.2. The first-order chi connectivity index (χ1) is 9.10. The largest absolute Gasteiger partial charge is 0.321 e. The molecule has 0 atom stereocenters. The maximum atomic E-state index is 11.9. The Labute approximate surface area is 114 Å². The van der Waals surface area contributed by atoms with Gasteiger partial charge in [0.1, 0.15) is 5.69 Å². The standard InChI is InChI=1S/C13H13N3O2S/c1-16-12(17)8-7-11(15-16)13(18)14-9-3-5-10(19-2)6-4-9/h3-8H,1-2H3,(H,14,18). The summed E-state index contributed by atoms with van der Waals surface area (Å²) in [6.07, 6.45) is 1.99. The van der Waals surface area contributed by atoms with E-state index < -0.39 is 0 Å². The molecule has 1 aromatic carbocycles.